The molecule has 4 amide bonds. The smallest absolute Gasteiger partial charge is 0.408 e. The predicted molar refractivity (Wildman–Crippen MR) is 168 cm³/mol. The number of aryl methyl sites for hydroxylation is 2. The van der Waals surface area contributed by atoms with Gasteiger partial charge in [0, 0.05) is 11.7 Å². The second-order valence-corrected chi connectivity index (χ2v) is 12.4. The number of amides is 4. The molecular formula is C33H48N4O6. The van der Waals surface area contributed by atoms with Crippen molar-refractivity contribution in [1.82, 2.24) is 10.2 Å². The summed E-state index contributed by atoms with van der Waals surface area (Å²) in [4.78, 5) is 55.1. The summed E-state index contributed by atoms with van der Waals surface area (Å²) in [6.07, 6.45) is 0.0271. The van der Waals surface area contributed by atoms with E-state index in [9.17, 15) is 19.2 Å². The lowest BCUT2D eigenvalue weighted by atomic mass is 9.93. The molecule has 0 saturated carbocycles. The second-order valence-electron chi connectivity index (χ2n) is 12.4. The summed E-state index contributed by atoms with van der Waals surface area (Å²) in [7, 11) is 1.56. The van der Waals surface area contributed by atoms with E-state index in [0.717, 1.165) is 17.5 Å². The van der Waals surface area contributed by atoms with Crippen LogP contribution < -0.4 is 21.1 Å². The van der Waals surface area contributed by atoms with Gasteiger partial charge >= 0.3 is 6.09 Å². The van der Waals surface area contributed by atoms with Crippen LogP contribution in [0, 0.1) is 19.8 Å². The van der Waals surface area contributed by atoms with E-state index in [-0.39, 0.29) is 0 Å². The van der Waals surface area contributed by atoms with Crippen molar-refractivity contribution in [3.05, 3.63) is 59.2 Å². The summed E-state index contributed by atoms with van der Waals surface area (Å²) >= 11 is 0. The number of nitrogens with one attached hydrogen (secondary N) is 2. The van der Waals surface area contributed by atoms with Gasteiger partial charge in [-0.1, -0.05) is 37.6 Å². The minimum absolute atomic E-state index is 0.341. The molecule has 0 bridgehead atoms. The molecule has 2 rings (SSSR count). The van der Waals surface area contributed by atoms with E-state index in [1.54, 1.807) is 52.1 Å². The van der Waals surface area contributed by atoms with Crippen LogP contribution in [0.25, 0.3) is 0 Å². The number of nitrogens with zero attached hydrogens (tertiary/aromatic N) is 1. The number of alkyl carbamates (subject to hydrolysis) is 1. The lowest BCUT2D eigenvalue weighted by Crippen LogP contribution is -2.56. The maximum atomic E-state index is 14.5. The second kappa shape index (κ2) is 15.4. The van der Waals surface area contributed by atoms with E-state index >= 15 is 0 Å². The zero-order chi connectivity index (χ0) is 32.5. The van der Waals surface area contributed by atoms with Gasteiger partial charge in [-0.25, -0.2) is 4.79 Å². The van der Waals surface area contributed by atoms with E-state index < -0.39 is 54.0 Å². The molecule has 0 saturated heterocycles. The van der Waals surface area contributed by atoms with Crippen molar-refractivity contribution >= 4 is 29.5 Å². The standard InChI is InChI=1S/C33H48N4O6/c1-20(2)10-13-23(5)37(31(40)27(19-28(34)38)36-32(41)43-33(6,7)8)29(26-18-21(3)11-12-22(26)4)30(39)35-24-14-16-25(42-9)17-15-24/h11-12,14-18,20,23,27,29H,10,13,19H2,1-9H3,(H2,34,38)(H,35,39)(H,36,41). The van der Waals surface area contributed by atoms with Crippen LogP contribution in [-0.4, -0.2) is 53.5 Å². The van der Waals surface area contributed by atoms with Crippen LogP contribution in [0.2, 0.25) is 0 Å². The van der Waals surface area contributed by atoms with Crippen LogP contribution in [0.4, 0.5) is 10.5 Å². The first-order valence-corrected chi connectivity index (χ1v) is 14.6. The average Bonchev–Trinajstić information content (AvgIpc) is 2.90. The van der Waals surface area contributed by atoms with Crippen LogP contribution in [-0.2, 0) is 19.1 Å². The highest BCUT2D eigenvalue weighted by Gasteiger charge is 2.40. The number of hydrogen-bond acceptors (Lipinski definition) is 6. The number of primary amides is 1. The average molecular weight is 597 g/mol. The van der Waals surface area contributed by atoms with Crippen LogP contribution in [0.1, 0.15) is 83.5 Å². The van der Waals surface area contributed by atoms with Gasteiger partial charge in [-0.15, -0.1) is 0 Å². The number of benzene rings is 2. The molecule has 0 aliphatic rings. The number of carbonyl (C=O) groups excluding carboxylic acids is 4. The quantitative estimate of drug-likeness (QED) is 0.282. The molecule has 0 fully saturated rings. The van der Waals surface area contributed by atoms with Crippen molar-refractivity contribution in [2.24, 2.45) is 11.7 Å². The van der Waals surface area contributed by atoms with Crippen LogP contribution in [0.5, 0.6) is 5.75 Å². The Hall–Kier alpha value is -4.08. The highest BCUT2D eigenvalue weighted by molar-refractivity contribution is 6.00. The van der Waals surface area contributed by atoms with E-state index in [1.165, 1.54) is 4.90 Å². The molecule has 3 unspecified atom stereocenters. The van der Waals surface area contributed by atoms with Crippen molar-refractivity contribution in [3.8, 4) is 5.75 Å². The zero-order valence-electron chi connectivity index (χ0n) is 26.9. The molecule has 0 aliphatic carbocycles. The zero-order valence-corrected chi connectivity index (χ0v) is 26.9. The first-order valence-electron chi connectivity index (χ1n) is 14.6. The fraction of sp³-hybridized carbons (Fsp3) is 0.515. The van der Waals surface area contributed by atoms with E-state index in [4.69, 9.17) is 15.2 Å². The highest BCUT2D eigenvalue weighted by atomic mass is 16.6. The molecule has 236 valence electrons. The third kappa shape index (κ3) is 10.9. The van der Waals surface area contributed by atoms with Crippen LogP contribution in [0.15, 0.2) is 42.5 Å². The minimum Gasteiger partial charge on any atom is -0.497 e. The van der Waals surface area contributed by atoms with Crippen molar-refractivity contribution < 1.29 is 28.7 Å². The van der Waals surface area contributed by atoms with E-state index in [1.807, 2.05) is 39.0 Å². The van der Waals surface area contributed by atoms with Crippen molar-refractivity contribution in [3.63, 3.8) is 0 Å². The third-order valence-electron chi connectivity index (χ3n) is 6.90. The molecule has 10 heteroatoms. The Morgan fingerprint density at radius 3 is 2.12 bits per heavy atom. The summed E-state index contributed by atoms with van der Waals surface area (Å²) in [5, 5.41) is 5.49. The molecular weight excluding hydrogens is 548 g/mol. The predicted octanol–water partition coefficient (Wildman–Crippen LogP) is 5.41. The normalized spacial score (nSPS) is 13.4. The lowest BCUT2D eigenvalue weighted by Gasteiger charge is -2.39. The number of ether oxygens (including phenoxy) is 2. The SMILES string of the molecule is COc1ccc(NC(=O)C(c2cc(C)ccc2C)N(C(=O)C(CC(N)=O)NC(=O)OC(C)(C)C)C(C)CCC(C)C)cc1. The lowest BCUT2D eigenvalue weighted by molar-refractivity contribution is -0.144. The van der Waals surface area contributed by atoms with Crippen LogP contribution >= 0.6 is 0 Å². The maximum Gasteiger partial charge on any atom is 0.408 e. The first kappa shape index (κ1) is 35.1. The summed E-state index contributed by atoms with van der Waals surface area (Å²) < 4.78 is 10.6. The van der Waals surface area contributed by atoms with Gasteiger partial charge in [0.15, 0.2) is 0 Å². The minimum atomic E-state index is -1.35. The Morgan fingerprint density at radius 1 is 0.953 bits per heavy atom. The molecule has 10 nitrogen and oxygen atoms in total. The van der Waals surface area contributed by atoms with Gasteiger partial charge in [-0.05, 0) is 95.7 Å². The summed E-state index contributed by atoms with van der Waals surface area (Å²) in [6.45, 7) is 14.9. The highest BCUT2D eigenvalue weighted by Crippen LogP contribution is 2.32. The monoisotopic (exact) mass is 596 g/mol. The molecule has 0 radical (unpaired) electrons. The number of hydrogen-bond donors (Lipinski definition) is 3. The Labute approximate surface area is 255 Å². The number of rotatable bonds is 13. The van der Waals surface area contributed by atoms with E-state index in [0.29, 0.717) is 29.3 Å². The Morgan fingerprint density at radius 2 is 1.58 bits per heavy atom. The van der Waals surface area contributed by atoms with Crippen molar-refractivity contribution in [1.29, 1.82) is 0 Å². The van der Waals surface area contributed by atoms with Gasteiger partial charge in [0.05, 0.1) is 13.5 Å². The van der Waals surface area contributed by atoms with Gasteiger partial charge in [-0.3, -0.25) is 14.4 Å². The number of anilines is 1. The van der Waals surface area contributed by atoms with E-state index in [2.05, 4.69) is 24.5 Å². The first-order chi connectivity index (χ1) is 20.0. The number of carbonyl (C=O) groups is 4. The topological polar surface area (TPSA) is 140 Å². The molecule has 43 heavy (non-hydrogen) atoms. The Bertz CT molecular complexity index is 1270. The maximum absolute atomic E-state index is 14.5. The van der Waals surface area contributed by atoms with Gasteiger partial charge in [0.25, 0.3) is 5.91 Å². The molecule has 2 aromatic carbocycles. The fourth-order valence-electron chi connectivity index (χ4n) is 4.70. The summed E-state index contributed by atoms with van der Waals surface area (Å²) in [6, 6.07) is 9.71. The van der Waals surface area contributed by atoms with Crippen LogP contribution in [0.3, 0.4) is 0 Å². The number of nitrogens with two attached hydrogens (primary N) is 1. The molecule has 0 heterocycles. The number of methoxy groups -OCH3 is 1. The van der Waals surface area contributed by atoms with Gasteiger partial charge in [0.1, 0.15) is 23.4 Å². The third-order valence-corrected chi connectivity index (χ3v) is 6.90. The molecule has 3 atom stereocenters. The van der Waals surface area contributed by atoms with Gasteiger partial charge in [-0.2, -0.15) is 0 Å². The van der Waals surface area contributed by atoms with Gasteiger partial charge < -0.3 is 30.7 Å². The fourth-order valence-corrected chi connectivity index (χ4v) is 4.70. The van der Waals surface area contributed by atoms with Crippen molar-refractivity contribution in [2.75, 3.05) is 12.4 Å². The molecule has 0 aromatic heterocycles. The summed E-state index contributed by atoms with van der Waals surface area (Å²) in [5.74, 6) is -0.871. The molecule has 4 N–H and O–H groups in total. The van der Waals surface area contributed by atoms with Crippen molar-refractivity contribution in [2.45, 2.75) is 98.4 Å². The largest absolute Gasteiger partial charge is 0.497 e. The molecule has 2 aromatic rings. The molecule has 0 aliphatic heterocycles. The Balaban J connectivity index is 2.68. The molecule has 0 spiro atoms. The summed E-state index contributed by atoms with van der Waals surface area (Å²) in [5.41, 5.74) is 7.56. The van der Waals surface area contributed by atoms with Gasteiger partial charge in [0.2, 0.25) is 11.8 Å². The Kier molecular flexibility index (Phi) is 12.6.